The van der Waals surface area contributed by atoms with E-state index in [0.717, 1.165) is 5.56 Å². The fraction of sp³-hybridized carbons (Fsp3) is 0.529. The zero-order valence-electron chi connectivity index (χ0n) is 14.8. The third-order valence-corrected chi connectivity index (χ3v) is 3.52. The number of rotatable bonds is 10. The van der Waals surface area contributed by atoms with Gasteiger partial charge in [-0.1, -0.05) is 6.07 Å². The Bertz CT molecular complexity index is 589. The summed E-state index contributed by atoms with van der Waals surface area (Å²) < 4.78 is 10.4. The van der Waals surface area contributed by atoms with E-state index in [4.69, 9.17) is 14.6 Å². The van der Waals surface area contributed by atoms with Gasteiger partial charge in [0.25, 0.3) is 0 Å². The van der Waals surface area contributed by atoms with E-state index in [1.807, 2.05) is 6.07 Å². The van der Waals surface area contributed by atoms with Crippen molar-refractivity contribution in [3.8, 4) is 11.5 Å². The third kappa shape index (κ3) is 7.75. The lowest BCUT2D eigenvalue weighted by atomic mass is 9.96. The first kappa shape index (κ1) is 20.6. The average Bonchev–Trinajstić information content (AvgIpc) is 2.56. The molecule has 8 nitrogen and oxygen atoms in total. The Morgan fingerprint density at radius 3 is 2.44 bits per heavy atom. The quantitative estimate of drug-likeness (QED) is 0.469. The smallest absolute Gasteiger partial charge is 0.314 e. The lowest BCUT2D eigenvalue weighted by Crippen LogP contribution is -2.46. The van der Waals surface area contributed by atoms with Crippen LogP contribution in [0.1, 0.15) is 25.3 Å². The second-order valence-electron chi connectivity index (χ2n) is 5.97. The van der Waals surface area contributed by atoms with Gasteiger partial charge in [0.05, 0.1) is 19.8 Å². The van der Waals surface area contributed by atoms with Gasteiger partial charge < -0.3 is 30.3 Å². The number of nitrogens with one attached hydrogen (secondary N) is 2. The summed E-state index contributed by atoms with van der Waals surface area (Å²) in [4.78, 5) is 22.0. The number of carbonyl (C=O) groups excluding carboxylic acids is 1. The lowest BCUT2D eigenvalue weighted by molar-refractivity contribution is -0.137. The summed E-state index contributed by atoms with van der Waals surface area (Å²) in [5, 5.41) is 24.1. The summed E-state index contributed by atoms with van der Waals surface area (Å²) in [6.07, 6.45) is 0.661. The molecule has 1 aromatic rings. The molecular weight excluding hydrogens is 328 g/mol. The minimum atomic E-state index is -1.15. The van der Waals surface area contributed by atoms with Crippen LogP contribution in [0.3, 0.4) is 0 Å². The molecule has 0 fully saturated rings. The van der Waals surface area contributed by atoms with E-state index in [-0.39, 0.29) is 19.5 Å². The Morgan fingerprint density at radius 2 is 1.84 bits per heavy atom. The van der Waals surface area contributed by atoms with Crippen molar-refractivity contribution in [2.75, 3.05) is 27.3 Å². The highest BCUT2D eigenvalue weighted by molar-refractivity contribution is 5.74. The van der Waals surface area contributed by atoms with Gasteiger partial charge in [-0.15, -0.1) is 0 Å². The van der Waals surface area contributed by atoms with E-state index in [0.29, 0.717) is 24.3 Å². The predicted molar refractivity (Wildman–Crippen MR) is 92.1 cm³/mol. The highest BCUT2D eigenvalue weighted by atomic mass is 16.5. The number of urea groups is 1. The van der Waals surface area contributed by atoms with Crippen LogP contribution in [0.4, 0.5) is 4.79 Å². The number of carboxylic acid groups (broad SMARTS) is 1. The van der Waals surface area contributed by atoms with E-state index < -0.39 is 17.6 Å². The van der Waals surface area contributed by atoms with Gasteiger partial charge >= 0.3 is 12.0 Å². The van der Waals surface area contributed by atoms with Crippen LogP contribution in [0.25, 0.3) is 0 Å². The largest absolute Gasteiger partial charge is 0.493 e. The zero-order valence-corrected chi connectivity index (χ0v) is 14.8. The molecule has 0 radical (unpaired) electrons. The van der Waals surface area contributed by atoms with Gasteiger partial charge in [-0.05, 0) is 31.0 Å². The van der Waals surface area contributed by atoms with Crippen molar-refractivity contribution >= 4 is 12.0 Å². The number of hydrogen-bond donors (Lipinski definition) is 4. The van der Waals surface area contributed by atoms with E-state index in [1.54, 1.807) is 26.2 Å². The molecule has 140 valence electrons. The summed E-state index contributed by atoms with van der Waals surface area (Å²) in [5.74, 6) is 0.268. The van der Waals surface area contributed by atoms with E-state index in [1.165, 1.54) is 7.11 Å². The maximum Gasteiger partial charge on any atom is 0.314 e. The minimum absolute atomic E-state index is 0.00268. The molecule has 2 amide bonds. The topological polar surface area (TPSA) is 117 Å². The van der Waals surface area contributed by atoms with Gasteiger partial charge in [0.2, 0.25) is 0 Å². The normalized spacial score (nSPS) is 12.8. The van der Waals surface area contributed by atoms with Crippen LogP contribution in [0.5, 0.6) is 11.5 Å². The molecule has 4 N–H and O–H groups in total. The molecule has 0 heterocycles. The van der Waals surface area contributed by atoms with Crippen molar-refractivity contribution in [3.63, 3.8) is 0 Å². The van der Waals surface area contributed by atoms with Gasteiger partial charge in [0.1, 0.15) is 0 Å². The summed E-state index contributed by atoms with van der Waals surface area (Å²) >= 11 is 0. The Hall–Kier alpha value is -2.48. The van der Waals surface area contributed by atoms with E-state index in [9.17, 15) is 14.7 Å². The SMILES string of the molecule is COc1ccc(CC(C)(O)CNC(=O)NCCCC(=O)O)cc1OC. The molecule has 0 saturated carbocycles. The molecule has 0 aliphatic rings. The Balaban J connectivity index is 2.47. The van der Waals surface area contributed by atoms with Gasteiger partial charge in [-0.2, -0.15) is 0 Å². The molecule has 8 heteroatoms. The number of carboxylic acids is 1. The number of ether oxygens (including phenoxy) is 2. The van der Waals surface area contributed by atoms with Crippen molar-refractivity contribution < 1.29 is 29.3 Å². The fourth-order valence-electron chi connectivity index (χ4n) is 2.27. The minimum Gasteiger partial charge on any atom is -0.493 e. The van der Waals surface area contributed by atoms with Crippen molar-refractivity contribution in [1.82, 2.24) is 10.6 Å². The third-order valence-electron chi connectivity index (χ3n) is 3.52. The molecule has 0 spiro atoms. The molecule has 1 atom stereocenters. The standard InChI is InChI=1S/C17H26N2O6/c1-17(23,11-19-16(22)18-8-4-5-15(20)21)10-12-6-7-13(24-2)14(9-12)25-3/h6-7,9,23H,4-5,8,10-11H2,1-3H3,(H,20,21)(H2,18,19,22). The van der Waals surface area contributed by atoms with E-state index >= 15 is 0 Å². The van der Waals surface area contributed by atoms with Crippen molar-refractivity contribution in [3.05, 3.63) is 23.8 Å². The number of amides is 2. The predicted octanol–water partition coefficient (Wildman–Crippen LogP) is 1.16. The molecule has 0 aromatic heterocycles. The molecule has 0 aliphatic carbocycles. The van der Waals surface area contributed by atoms with Gasteiger partial charge in [-0.25, -0.2) is 4.79 Å². The number of aliphatic carboxylic acids is 1. The molecule has 0 aliphatic heterocycles. The lowest BCUT2D eigenvalue weighted by Gasteiger charge is -2.24. The second kappa shape index (κ2) is 9.73. The zero-order chi connectivity index (χ0) is 18.9. The Kier molecular flexibility index (Phi) is 8.00. The highest BCUT2D eigenvalue weighted by Crippen LogP contribution is 2.28. The molecule has 1 aromatic carbocycles. The molecule has 1 unspecified atom stereocenters. The van der Waals surface area contributed by atoms with Crippen LogP contribution in [0, 0.1) is 0 Å². The van der Waals surface area contributed by atoms with Gasteiger partial charge in [-0.3, -0.25) is 4.79 Å². The summed E-state index contributed by atoms with van der Waals surface area (Å²) in [5.41, 5.74) is -0.316. The summed E-state index contributed by atoms with van der Waals surface area (Å²) in [6, 6.07) is 4.91. The van der Waals surface area contributed by atoms with Crippen LogP contribution in [0.15, 0.2) is 18.2 Å². The monoisotopic (exact) mass is 354 g/mol. The van der Waals surface area contributed by atoms with Crippen LogP contribution in [-0.4, -0.2) is 55.1 Å². The molecule has 0 bridgehead atoms. The van der Waals surface area contributed by atoms with Crippen LogP contribution in [-0.2, 0) is 11.2 Å². The second-order valence-corrected chi connectivity index (χ2v) is 5.97. The van der Waals surface area contributed by atoms with Crippen LogP contribution in [0.2, 0.25) is 0 Å². The number of aliphatic hydroxyl groups is 1. The number of methoxy groups -OCH3 is 2. The number of benzene rings is 1. The van der Waals surface area contributed by atoms with Gasteiger partial charge in [0, 0.05) is 25.9 Å². The van der Waals surface area contributed by atoms with E-state index in [2.05, 4.69) is 10.6 Å². The maximum atomic E-state index is 11.7. The van der Waals surface area contributed by atoms with Crippen molar-refractivity contribution in [2.24, 2.45) is 0 Å². The summed E-state index contributed by atoms with van der Waals surface area (Å²) in [6.45, 7) is 1.93. The number of hydrogen-bond acceptors (Lipinski definition) is 5. The fourth-order valence-corrected chi connectivity index (χ4v) is 2.27. The first-order chi connectivity index (χ1) is 11.8. The van der Waals surface area contributed by atoms with Crippen molar-refractivity contribution in [2.45, 2.75) is 31.8 Å². The Labute approximate surface area is 147 Å². The Morgan fingerprint density at radius 1 is 1.16 bits per heavy atom. The van der Waals surface area contributed by atoms with Gasteiger partial charge in [0.15, 0.2) is 11.5 Å². The summed E-state index contributed by atoms with van der Waals surface area (Å²) in [7, 11) is 3.09. The molecular formula is C17H26N2O6. The highest BCUT2D eigenvalue weighted by Gasteiger charge is 2.22. The van der Waals surface area contributed by atoms with Crippen LogP contribution < -0.4 is 20.1 Å². The molecule has 25 heavy (non-hydrogen) atoms. The van der Waals surface area contributed by atoms with Crippen LogP contribution >= 0.6 is 0 Å². The number of carbonyl (C=O) groups is 2. The molecule has 0 saturated heterocycles. The molecule has 1 rings (SSSR count). The van der Waals surface area contributed by atoms with Crippen molar-refractivity contribution in [1.29, 1.82) is 0 Å². The maximum absolute atomic E-state index is 11.7. The first-order valence-electron chi connectivity index (χ1n) is 7.94. The first-order valence-corrected chi connectivity index (χ1v) is 7.94. The average molecular weight is 354 g/mol.